The first-order valence-corrected chi connectivity index (χ1v) is 8.01. The molecular formula is C16H23Cl2N. The molecule has 2 rings (SSSR count). The average Bonchev–Trinajstić information content (AvgIpc) is 2.37. The van der Waals surface area contributed by atoms with Gasteiger partial charge in [-0.05, 0) is 55.7 Å². The first-order valence-electron chi connectivity index (χ1n) is 7.25. The van der Waals surface area contributed by atoms with Crippen molar-refractivity contribution < 1.29 is 0 Å². The van der Waals surface area contributed by atoms with Gasteiger partial charge in [-0.2, -0.15) is 0 Å². The second-order valence-electron chi connectivity index (χ2n) is 6.02. The molecule has 1 saturated carbocycles. The van der Waals surface area contributed by atoms with E-state index >= 15 is 0 Å². The minimum atomic E-state index is -0.0542. The first-order chi connectivity index (χ1) is 9.02. The molecule has 0 aromatic heterocycles. The molecule has 0 radical (unpaired) electrons. The number of hydrogen-bond acceptors (Lipinski definition) is 1. The third-order valence-corrected chi connectivity index (χ3v) is 5.08. The minimum Gasteiger partial charge on any atom is -0.325 e. The van der Waals surface area contributed by atoms with Crippen LogP contribution in [0.25, 0.3) is 0 Å². The predicted octanol–water partition coefficient (Wildman–Crippen LogP) is 5.22. The number of halogens is 2. The van der Waals surface area contributed by atoms with E-state index in [2.05, 4.69) is 6.92 Å². The lowest BCUT2D eigenvalue weighted by molar-refractivity contribution is 0.223. The van der Waals surface area contributed by atoms with E-state index < -0.39 is 0 Å². The lowest BCUT2D eigenvalue weighted by Gasteiger charge is -2.37. The molecule has 1 fully saturated rings. The molecule has 0 spiro atoms. The van der Waals surface area contributed by atoms with Crippen LogP contribution in [0.3, 0.4) is 0 Å². The van der Waals surface area contributed by atoms with E-state index in [4.69, 9.17) is 28.9 Å². The van der Waals surface area contributed by atoms with Gasteiger partial charge in [0, 0.05) is 5.54 Å². The van der Waals surface area contributed by atoms with Crippen LogP contribution in [0, 0.1) is 5.92 Å². The van der Waals surface area contributed by atoms with E-state index in [1.807, 2.05) is 18.2 Å². The summed E-state index contributed by atoms with van der Waals surface area (Å²) in [7, 11) is 0. The van der Waals surface area contributed by atoms with Gasteiger partial charge in [0.25, 0.3) is 0 Å². The predicted molar refractivity (Wildman–Crippen MR) is 84.0 cm³/mol. The summed E-state index contributed by atoms with van der Waals surface area (Å²) in [5.74, 6) is 0.885. The van der Waals surface area contributed by atoms with Crippen molar-refractivity contribution in [2.75, 3.05) is 0 Å². The van der Waals surface area contributed by atoms with E-state index in [1.54, 1.807) is 0 Å². The maximum atomic E-state index is 6.56. The smallest absolute Gasteiger partial charge is 0.0595 e. The van der Waals surface area contributed by atoms with Gasteiger partial charge in [-0.1, -0.05) is 49.0 Å². The Morgan fingerprint density at radius 3 is 2.47 bits per heavy atom. The van der Waals surface area contributed by atoms with Crippen molar-refractivity contribution in [3.05, 3.63) is 33.8 Å². The van der Waals surface area contributed by atoms with E-state index in [1.165, 1.54) is 31.2 Å². The molecule has 1 nitrogen and oxygen atoms in total. The fourth-order valence-electron chi connectivity index (χ4n) is 3.18. The highest BCUT2D eigenvalue weighted by Crippen LogP contribution is 2.35. The topological polar surface area (TPSA) is 26.0 Å². The fourth-order valence-corrected chi connectivity index (χ4v) is 3.50. The zero-order valence-electron chi connectivity index (χ0n) is 11.6. The van der Waals surface area contributed by atoms with E-state index in [0.29, 0.717) is 10.0 Å². The molecule has 1 aliphatic rings. The number of hydrogen-bond donors (Lipinski definition) is 1. The largest absolute Gasteiger partial charge is 0.325 e. The zero-order valence-corrected chi connectivity index (χ0v) is 13.1. The van der Waals surface area contributed by atoms with Gasteiger partial charge in [-0.25, -0.2) is 0 Å². The highest BCUT2D eigenvalue weighted by Gasteiger charge is 2.31. The number of nitrogens with two attached hydrogens (primary N) is 1. The van der Waals surface area contributed by atoms with Gasteiger partial charge in [-0.3, -0.25) is 0 Å². The van der Waals surface area contributed by atoms with Crippen molar-refractivity contribution in [3.63, 3.8) is 0 Å². The summed E-state index contributed by atoms with van der Waals surface area (Å²) in [6.45, 7) is 2.26. The number of rotatable bonds is 4. The molecule has 0 heterocycles. The van der Waals surface area contributed by atoms with Crippen molar-refractivity contribution in [2.45, 2.75) is 57.4 Å². The summed E-state index contributed by atoms with van der Waals surface area (Å²) in [5, 5.41) is 1.24. The molecule has 2 N–H and O–H groups in total. The highest BCUT2D eigenvalue weighted by atomic mass is 35.5. The Bertz CT molecular complexity index is 423. The minimum absolute atomic E-state index is 0.0542. The summed E-state index contributed by atoms with van der Waals surface area (Å²) in [6.07, 6.45) is 8.33. The van der Waals surface area contributed by atoms with Crippen molar-refractivity contribution in [1.29, 1.82) is 0 Å². The monoisotopic (exact) mass is 299 g/mol. The summed E-state index contributed by atoms with van der Waals surface area (Å²) in [6, 6.07) is 5.86. The van der Waals surface area contributed by atoms with E-state index in [0.717, 1.165) is 25.2 Å². The maximum absolute atomic E-state index is 6.56. The van der Waals surface area contributed by atoms with Crippen LogP contribution in [0.1, 0.15) is 51.0 Å². The Labute approximate surface area is 126 Å². The van der Waals surface area contributed by atoms with Crippen LogP contribution in [-0.4, -0.2) is 5.54 Å². The van der Waals surface area contributed by atoms with Gasteiger partial charge < -0.3 is 5.73 Å². The molecule has 0 saturated heterocycles. The Kier molecular flexibility index (Phi) is 5.16. The second-order valence-corrected chi connectivity index (χ2v) is 6.83. The van der Waals surface area contributed by atoms with Crippen molar-refractivity contribution >= 4 is 23.2 Å². The van der Waals surface area contributed by atoms with Gasteiger partial charge in [-0.15, -0.1) is 0 Å². The first kappa shape index (κ1) is 15.2. The van der Waals surface area contributed by atoms with Crippen LogP contribution in [0.4, 0.5) is 0 Å². The molecule has 3 heteroatoms. The summed E-state index contributed by atoms with van der Waals surface area (Å²) in [4.78, 5) is 0. The van der Waals surface area contributed by atoms with Gasteiger partial charge >= 0.3 is 0 Å². The molecule has 19 heavy (non-hydrogen) atoms. The van der Waals surface area contributed by atoms with E-state index in [9.17, 15) is 0 Å². The molecular weight excluding hydrogens is 277 g/mol. The standard InChI is InChI=1S/C16H23Cl2N/c1-2-3-12-6-8-16(19,9-7-12)11-13-4-5-14(17)15(18)10-13/h4-5,10,12H,2-3,6-9,11,19H2,1H3. The lowest BCUT2D eigenvalue weighted by atomic mass is 9.73. The van der Waals surface area contributed by atoms with Crippen LogP contribution >= 0.6 is 23.2 Å². The second kappa shape index (κ2) is 6.47. The molecule has 1 aromatic carbocycles. The molecule has 0 amide bonds. The van der Waals surface area contributed by atoms with Crippen LogP contribution in [0.5, 0.6) is 0 Å². The van der Waals surface area contributed by atoms with Crippen LogP contribution < -0.4 is 5.73 Å². The molecule has 0 aliphatic heterocycles. The summed E-state index contributed by atoms with van der Waals surface area (Å²) in [5.41, 5.74) is 7.71. The van der Waals surface area contributed by atoms with E-state index in [-0.39, 0.29) is 5.54 Å². The Morgan fingerprint density at radius 2 is 1.89 bits per heavy atom. The third kappa shape index (κ3) is 4.11. The van der Waals surface area contributed by atoms with Crippen LogP contribution in [0.15, 0.2) is 18.2 Å². The zero-order chi connectivity index (χ0) is 13.9. The molecule has 1 aliphatic carbocycles. The van der Waals surface area contributed by atoms with Crippen LogP contribution in [0.2, 0.25) is 10.0 Å². The SMILES string of the molecule is CCCC1CCC(N)(Cc2ccc(Cl)c(Cl)c2)CC1. The third-order valence-electron chi connectivity index (χ3n) is 4.34. The average molecular weight is 300 g/mol. The summed E-state index contributed by atoms with van der Waals surface area (Å²) >= 11 is 12.0. The quantitative estimate of drug-likeness (QED) is 0.810. The molecule has 0 bridgehead atoms. The van der Waals surface area contributed by atoms with Crippen molar-refractivity contribution in [2.24, 2.45) is 11.7 Å². The molecule has 1 aromatic rings. The molecule has 0 atom stereocenters. The molecule has 0 unspecified atom stereocenters. The van der Waals surface area contributed by atoms with Crippen molar-refractivity contribution in [1.82, 2.24) is 0 Å². The van der Waals surface area contributed by atoms with Crippen molar-refractivity contribution in [3.8, 4) is 0 Å². The Hall–Kier alpha value is -0.240. The lowest BCUT2D eigenvalue weighted by Crippen LogP contribution is -2.45. The van der Waals surface area contributed by atoms with Gasteiger partial charge in [0.1, 0.15) is 0 Å². The van der Waals surface area contributed by atoms with Gasteiger partial charge in [0.05, 0.1) is 10.0 Å². The number of benzene rings is 1. The van der Waals surface area contributed by atoms with Gasteiger partial charge in [0.15, 0.2) is 0 Å². The summed E-state index contributed by atoms with van der Waals surface area (Å²) < 4.78 is 0. The Morgan fingerprint density at radius 1 is 1.21 bits per heavy atom. The highest BCUT2D eigenvalue weighted by molar-refractivity contribution is 6.42. The molecule has 106 valence electrons. The van der Waals surface area contributed by atoms with Crippen LogP contribution in [-0.2, 0) is 6.42 Å². The van der Waals surface area contributed by atoms with Gasteiger partial charge in [0.2, 0.25) is 0 Å². The fraction of sp³-hybridized carbons (Fsp3) is 0.625. The maximum Gasteiger partial charge on any atom is 0.0595 e. The Balaban J connectivity index is 1.96. The normalized spacial score (nSPS) is 27.5.